The first kappa shape index (κ1) is 32.6. The minimum Gasteiger partial charge on any atom is -0.505 e. The molecule has 218 valence electrons. The van der Waals surface area contributed by atoms with Crippen molar-refractivity contribution >= 4 is 93.2 Å². The Morgan fingerprint density at radius 3 is 2.07 bits per heavy atom. The van der Waals surface area contributed by atoms with Crippen LogP contribution in [0.3, 0.4) is 0 Å². The second kappa shape index (κ2) is 14.0. The Labute approximate surface area is 282 Å². The third-order valence-corrected chi connectivity index (χ3v) is 7.24. The Kier molecular flexibility index (Phi) is 10.3. The first-order valence-electron chi connectivity index (χ1n) is 12.7. The van der Waals surface area contributed by atoms with E-state index in [1.54, 1.807) is 79.9 Å². The summed E-state index contributed by atoms with van der Waals surface area (Å²) in [4.78, 5) is 25.6. The Hall–Kier alpha value is -4.33. The molecule has 0 aliphatic heterocycles. The number of phenolic OH excluding ortho intramolecular Hbond substituents is 1. The standard InChI is InChI=1S/C31H24N4O7S.Ca/c1-42-24-13-9-21(10-14-24)33-31(38)27-18-19-5-2-3-8-26(19)28(29(27)36)35-34-23-7-4-6-20(17-23)30(37)32-22-11-15-25(16-12-22)43(39,40)41;/h2-18,36H,1H3,(H,32,37)(H,33,38)(H,39,40,41);. The quantitative estimate of drug-likeness (QED) is 0.0876. The van der Waals surface area contributed by atoms with Gasteiger partial charge in [-0.3, -0.25) is 14.1 Å². The van der Waals surface area contributed by atoms with Crippen LogP contribution in [0.4, 0.5) is 22.7 Å². The number of methoxy groups -OCH3 is 1. The molecule has 0 aliphatic carbocycles. The van der Waals surface area contributed by atoms with Crippen LogP contribution in [0.15, 0.2) is 118 Å². The van der Waals surface area contributed by atoms with Gasteiger partial charge in [0.25, 0.3) is 21.9 Å². The number of nitrogens with one attached hydrogen (secondary N) is 2. The predicted molar refractivity (Wildman–Crippen MR) is 167 cm³/mol. The van der Waals surface area contributed by atoms with Gasteiger partial charge in [-0.25, -0.2) is 0 Å². The van der Waals surface area contributed by atoms with Crippen LogP contribution in [0.2, 0.25) is 0 Å². The second-order valence-electron chi connectivity index (χ2n) is 9.23. The van der Waals surface area contributed by atoms with Crippen molar-refractivity contribution in [1.29, 1.82) is 0 Å². The molecule has 0 bridgehead atoms. The van der Waals surface area contributed by atoms with Crippen molar-refractivity contribution in [3.05, 3.63) is 114 Å². The molecule has 0 atom stereocenters. The summed E-state index contributed by atoms with van der Waals surface area (Å²) in [6, 6.07) is 26.7. The van der Waals surface area contributed by atoms with Crippen molar-refractivity contribution < 1.29 is 32.4 Å². The second-order valence-corrected chi connectivity index (χ2v) is 10.7. The molecule has 0 spiro atoms. The molecule has 4 N–H and O–H groups in total. The number of hydrogen-bond donors (Lipinski definition) is 4. The van der Waals surface area contributed by atoms with Crippen molar-refractivity contribution in [3.63, 3.8) is 0 Å². The van der Waals surface area contributed by atoms with E-state index in [1.165, 1.54) is 18.2 Å². The molecule has 5 aromatic carbocycles. The molecule has 11 nitrogen and oxygen atoms in total. The summed E-state index contributed by atoms with van der Waals surface area (Å²) in [6.07, 6.45) is 0. The summed E-state index contributed by atoms with van der Waals surface area (Å²) in [5.41, 5.74) is 1.42. The number of carbonyl (C=O) groups excluding carboxylic acids is 2. The van der Waals surface area contributed by atoms with Crippen LogP contribution >= 0.6 is 0 Å². The summed E-state index contributed by atoms with van der Waals surface area (Å²) in [5.74, 6) is -0.781. The molecule has 0 saturated carbocycles. The van der Waals surface area contributed by atoms with E-state index in [-0.39, 0.29) is 65.2 Å². The van der Waals surface area contributed by atoms with E-state index in [1.807, 2.05) is 0 Å². The Morgan fingerprint density at radius 1 is 0.773 bits per heavy atom. The summed E-state index contributed by atoms with van der Waals surface area (Å²) >= 11 is 0. The molecule has 2 radical (unpaired) electrons. The average Bonchev–Trinajstić information content (AvgIpc) is 3.00. The molecule has 5 aromatic rings. The van der Waals surface area contributed by atoms with Gasteiger partial charge in [-0.15, -0.1) is 5.11 Å². The van der Waals surface area contributed by atoms with Gasteiger partial charge >= 0.3 is 0 Å². The molecule has 13 heteroatoms. The number of phenols is 1. The molecule has 0 saturated heterocycles. The predicted octanol–water partition coefficient (Wildman–Crippen LogP) is 6.34. The number of fused-ring (bicyclic) bond motifs is 1. The summed E-state index contributed by atoms with van der Waals surface area (Å²) in [7, 11) is -2.82. The van der Waals surface area contributed by atoms with Gasteiger partial charge in [0.2, 0.25) is 0 Å². The van der Waals surface area contributed by atoms with Crippen LogP contribution in [0, 0.1) is 0 Å². The normalized spacial score (nSPS) is 11.1. The maximum absolute atomic E-state index is 13.1. The van der Waals surface area contributed by atoms with Crippen molar-refractivity contribution in [3.8, 4) is 11.5 Å². The van der Waals surface area contributed by atoms with Gasteiger partial charge in [-0.1, -0.05) is 30.3 Å². The zero-order valence-electron chi connectivity index (χ0n) is 23.3. The van der Waals surface area contributed by atoms with E-state index < -0.39 is 21.9 Å². The summed E-state index contributed by atoms with van der Waals surface area (Å²) in [6.45, 7) is 0. The van der Waals surface area contributed by atoms with Gasteiger partial charge in [0.15, 0.2) is 5.75 Å². The smallest absolute Gasteiger partial charge is 0.294 e. The van der Waals surface area contributed by atoms with E-state index in [4.69, 9.17) is 9.29 Å². The molecular weight excluding hydrogens is 613 g/mol. The fraction of sp³-hybridized carbons (Fsp3) is 0.0323. The zero-order valence-corrected chi connectivity index (χ0v) is 26.3. The number of carbonyl (C=O) groups is 2. The van der Waals surface area contributed by atoms with Crippen molar-refractivity contribution in [1.82, 2.24) is 0 Å². The minimum atomic E-state index is -4.36. The summed E-state index contributed by atoms with van der Waals surface area (Å²) < 4.78 is 36.7. The maximum atomic E-state index is 13.1. The fourth-order valence-corrected chi connectivity index (χ4v) is 4.68. The number of aromatic hydroxyl groups is 1. The van der Waals surface area contributed by atoms with Crippen molar-refractivity contribution in [2.24, 2.45) is 10.2 Å². The van der Waals surface area contributed by atoms with E-state index in [9.17, 15) is 23.1 Å². The van der Waals surface area contributed by atoms with Crippen LogP contribution in [0.25, 0.3) is 10.8 Å². The number of benzene rings is 5. The number of nitrogens with zero attached hydrogens (tertiary/aromatic N) is 2. The number of ether oxygens (including phenoxy) is 1. The van der Waals surface area contributed by atoms with Gasteiger partial charge in [-0.2, -0.15) is 13.5 Å². The molecule has 0 aliphatic rings. The van der Waals surface area contributed by atoms with Gasteiger partial charge in [0, 0.05) is 60.1 Å². The monoisotopic (exact) mass is 636 g/mol. The number of rotatable bonds is 8. The zero-order chi connectivity index (χ0) is 30.6. The first-order valence-corrected chi connectivity index (χ1v) is 14.2. The summed E-state index contributed by atoms with van der Waals surface area (Å²) in [5, 5.41) is 26.2. The fourth-order valence-electron chi connectivity index (χ4n) is 4.20. The van der Waals surface area contributed by atoms with E-state index in [0.29, 0.717) is 33.6 Å². The largest absolute Gasteiger partial charge is 0.505 e. The van der Waals surface area contributed by atoms with E-state index >= 15 is 0 Å². The van der Waals surface area contributed by atoms with Gasteiger partial charge in [-0.05, 0) is 78.2 Å². The van der Waals surface area contributed by atoms with Gasteiger partial charge < -0.3 is 20.5 Å². The molecule has 2 amide bonds. The number of anilines is 2. The molecule has 0 unspecified atom stereocenters. The van der Waals surface area contributed by atoms with Crippen molar-refractivity contribution in [2.75, 3.05) is 17.7 Å². The Balaban J connectivity index is 0.00000442. The van der Waals surface area contributed by atoms with Crippen LogP contribution < -0.4 is 15.4 Å². The maximum Gasteiger partial charge on any atom is 0.294 e. The number of hydrogen-bond acceptors (Lipinski definition) is 8. The molecule has 5 rings (SSSR count). The van der Waals surface area contributed by atoms with E-state index in [2.05, 4.69) is 20.9 Å². The average molecular weight is 637 g/mol. The Morgan fingerprint density at radius 2 is 1.41 bits per heavy atom. The SMILES string of the molecule is COc1ccc(NC(=O)c2cc3ccccc3c(N=Nc3cccc(C(=O)Nc4ccc(S(=O)(=O)O)cc4)c3)c2O)cc1.[Ca]. The number of amides is 2. The Bertz CT molecular complexity index is 1980. The first-order chi connectivity index (χ1) is 20.6. The molecule has 0 fully saturated rings. The molecule has 0 aromatic heterocycles. The van der Waals surface area contributed by atoms with Crippen LogP contribution in [-0.4, -0.2) is 74.7 Å². The third-order valence-electron chi connectivity index (χ3n) is 6.37. The molecule has 0 heterocycles. The molecular formula is C31H24CaN4O7S. The van der Waals surface area contributed by atoms with Gasteiger partial charge in [0.05, 0.1) is 23.3 Å². The third kappa shape index (κ3) is 7.59. The van der Waals surface area contributed by atoms with Crippen LogP contribution in [0.1, 0.15) is 20.7 Å². The van der Waals surface area contributed by atoms with E-state index in [0.717, 1.165) is 12.1 Å². The van der Waals surface area contributed by atoms with Crippen LogP contribution in [0.5, 0.6) is 11.5 Å². The van der Waals surface area contributed by atoms with Crippen molar-refractivity contribution in [2.45, 2.75) is 4.90 Å². The van der Waals surface area contributed by atoms with Crippen LogP contribution in [-0.2, 0) is 10.1 Å². The number of azo groups is 1. The topological polar surface area (TPSA) is 167 Å². The minimum absolute atomic E-state index is 0. The molecule has 44 heavy (non-hydrogen) atoms. The van der Waals surface area contributed by atoms with Gasteiger partial charge in [0.1, 0.15) is 11.4 Å².